The molecule has 0 bridgehead atoms. The molecule has 152 valence electrons. The van der Waals surface area contributed by atoms with Gasteiger partial charge in [-0.25, -0.2) is 8.42 Å². The van der Waals surface area contributed by atoms with Crippen molar-refractivity contribution in [2.75, 3.05) is 27.3 Å². The van der Waals surface area contributed by atoms with Crippen LogP contribution in [0.15, 0.2) is 23.1 Å². The molecule has 1 unspecified atom stereocenters. The number of benzene rings is 1. The first kappa shape index (κ1) is 21.6. The van der Waals surface area contributed by atoms with Crippen molar-refractivity contribution in [1.82, 2.24) is 4.31 Å². The van der Waals surface area contributed by atoms with Crippen LogP contribution in [0.25, 0.3) is 0 Å². The Morgan fingerprint density at radius 2 is 2.00 bits per heavy atom. The molecule has 0 saturated carbocycles. The van der Waals surface area contributed by atoms with E-state index < -0.39 is 38.5 Å². The SMILES string of the molecule is COC(=O)CC[C@H](C)c1cc(C(F)(F)F)cc(S(=O)(=O)N(C)CC2CO2)c1. The van der Waals surface area contributed by atoms with Crippen LogP contribution in [0.5, 0.6) is 0 Å². The monoisotopic (exact) mass is 409 g/mol. The number of epoxide rings is 1. The standard InChI is InChI=1S/C17H22F3NO5S/c1-11(4-5-16(22)25-3)12-6-13(17(18,19)20)8-15(7-12)27(23,24)21(2)9-14-10-26-14/h6-8,11,14H,4-5,9-10H2,1-3H3/t11-,14?/m0/s1. The van der Waals surface area contributed by atoms with Gasteiger partial charge in [-0.05, 0) is 36.1 Å². The molecule has 0 aromatic heterocycles. The predicted molar refractivity (Wildman–Crippen MR) is 90.7 cm³/mol. The molecule has 1 saturated heterocycles. The molecule has 2 atom stereocenters. The number of hydrogen-bond donors (Lipinski definition) is 0. The molecule has 1 aliphatic heterocycles. The maximum Gasteiger partial charge on any atom is 0.416 e. The topological polar surface area (TPSA) is 76.2 Å². The van der Waals surface area contributed by atoms with E-state index in [2.05, 4.69) is 4.74 Å². The van der Waals surface area contributed by atoms with Crippen molar-refractivity contribution in [3.63, 3.8) is 0 Å². The Balaban J connectivity index is 2.37. The van der Waals surface area contributed by atoms with Gasteiger partial charge in [0.25, 0.3) is 0 Å². The third kappa shape index (κ3) is 5.66. The number of sulfonamides is 1. The van der Waals surface area contributed by atoms with Crippen LogP contribution >= 0.6 is 0 Å². The molecule has 0 amide bonds. The number of alkyl halides is 3. The van der Waals surface area contributed by atoms with Crippen LogP contribution in [-0.4, -0.2) is 52.1 Å². The van der Waals surface area contributed by atoms with Gasteiger partial charge in [0.1, 0.15) is 0 Å². The highest BCUT2D eigenvalue weighted by atomic mass is 32.2. The molecular formula is C17H22F3NO5S. The fourth-order valence-corrected chi connectivity index (χ4v) is 3.84. The van der Waals surface area contributed by atoms with Crippen LogP contribution in [0, 0.1) is 0 Å². The first-order valence-electron chi connectivity index (χ1n) is 8.32. The van der Waals surface area contributed by atoms with Gasteiger partial charge in [-0.15, -0.1) is 0 Å². The lowest BCUT2D eigenvalue weighted by molar-refractivity contribution is -0.141. The van der Waals surface area contributed by atoms with E-state index >= 15 is 0 Å². The zero-order valence-electron chi connectivity index (χ0n) is 15.2. The fraction of sp³-hybridized carbons (Fsp3) is 0.588. The van der Waals surface area contributed by atoms with Gasteiger partial charge < -0.3 is 9.47 Å². The number of likely N-dealkylation sites (N-methyl/N-ethyl adjacent to an activating group) is 1. The molecule has 1 heterocycles. The number of nitrogens with zero attached hydrogens (tertiary/aromatic N) is 1. The van der Waals surface area contributed by atoms with Gasteiger partial charge in [0.05, 0.1) is 30.3 Å². The average molecular weight is 409 g/mol. The highest BCUT2D eigenvalue weighted by molar-refractivity contribution is 7.89. The van der Waals surface area contributed by atoms with E-state index in [9.17, 15) is 26.4 Å². The van der Waals surface area contributed by atoms with Crippen molar-refractivity contribution in [2.24, 2.45) is 0 Å². The van der Waals surface area contributed by atoms with Gasteiger partial charge >= 0.3 is 12.1 Å². The maximum atomic E-state index is 13.3. The number of ether oxygens (including phenoxy) is 2. The molecule has 2 rings (SSSR count). The Morgan fingerprint density at radius 1 is 1.37 bits per heavy atom. The van der Waals surface area contributed by atoms with E-state index in [0.717, 1.165) is 10.4 Å². The summed E-state index contributed by atoms with van der Waals surface area (Å²) in [6, 6.07) is 2.79. The number of methoxy groups -OCH3 is 1. The molecule has 0 aliphatic carbocycles. The normalized spacial score (nSPS) is 18.4. The summed E-state index contributed by atoms with van der Waals surface area (Å²) in [5.74, 6) is -0.941. The molecule has 0 spiro atoms. The lowest BCUT2D eigenvalue weighted by Gasteiger charge is -2.20. The highest BCUT2D eigenvalue weighted by Gasteiger charge is 2.35. The van der Waals surface area contributed by atoms with Crippen LogP contribution in [-0.2, 0) is 30.5 Å². The number of halogens is 3. The second kappa shape index (κ2) is 8.15. The van der Waals surface area contributed by atoms with Crippen LogP contribution in [0.4, 0.5) is 13.2 Å². The van der Waals surface area contributed by atoms with Crippen molar-refractivity contribution in [3.05, 3.63) is 29.3 Å². The second-order valence-electron chi connectivity index (χ2n) is 6.55. The molecule has 1 aromatic carbocycles. The Bertz CT molecular complexity index is 790. The number of carbonyl (C=O) groups excluding carboxylic acids is 1. The number of rotatable bonds is 8. The van der Waals surface area contributed by atoms with E-state index in [4.69, 9.17) is 4.74 Å². The lowest BCUT2D eigenvalue weighted by Crippen LogP contribution is -2.31. The Labute approximate surface area is 156 Å². The summed E-state index contributed by atoms with van der Waals surface area (Å²) in [4.78, 5) is 10.9. The Kier molecular flexibility index (Phi) is 6.54. The third-order valence-corrected chi connectivity index (χ3v) is 6.21. The predicted octanol–water partition coefficient (Wildman–Crippen LogP) is 2.78. The van der Waals surface area contributed by atoms with E-state index in [1.165, 1.54) is 20.2 Å². The second-order valence-corrected chi connectivity index (χ2v) is 8.59. The van der Waals surface area contributed by atoms with Gasteiger partial charge in [-0.2, -0.15) is 17.5 Å². The third-order valence-electron chi connectivity index (χ3n) is 4.41. The zero-order valence-corrected chi connectivity index (χ0v) is 16.1. The molecule has 6 nitrogen and oxygen atoms in total. The summed E-state index contributed by atoms with van der Waals surface area (Å²) in [6.45, 7) is 2.14. The minimum absolute atomic E-state index is 0.0227. The van der Waals surface area contributed by atoms with Crippen molar-refractivity contribution >= 4 is 16.0 Å². The first-order valence-corrected chi connectivity index (χ1v) is 9.76. The minimum atomic E-state index is -4.69. The number of esters is 1. The molecule has 0 N–H and O–H groups in total. The summed E-state index contributed by atoms with van der Waals surface area (Å²) in [6.07, 6.45) is -4.66. The van der Waals surface area contributed by atoms with Gasteiger partial charge in [-0.3, -0.25) is 4.79 Å². The van der Waals surface area contributed by atoms with Crippen LogP contribution in [0.2, 0.25) is 0 Å². The summed E-state index contributed by atoms with van der Waals surface area (Å²) < 4.78 is 75.7. The van der Waals surface area contributed by atoms with Crippen LogP contribution in [0.1, 0.15) is 36.8 Å². The highest BCUT2D eigenvalue weighted by Crippen LogP contribution is 2.35. The molecule has 1 fully saturated rings. The smallest absolute Gasteiger partial charge is 0.416 e. The largest absolute Gasteiger partial charge is 0.469 e. The van der Waals surface area contributed by atoms with E-state index in [1.54, 1.807) is 6.92 Å². The van der Waals surface area contributed by atoms with E-state index in [-0.39, 0.29) is 31.1 Å². The van der Waals surface area contributed by atoms with Crippen LogP contribution in [0.3, 0.4) is 0 Å². The summed E-state index contributed by atoms with van der Waals surface area (Å²) >= 11 is 0. The van der Waals surface area contributed by atoms with Crippen molar-refractivity contribution in [1.29, 1.82) is 0 Å². The van der Waals surface area contributed by atoms with Crippen LogP contribution < -0.4 is 0 Å². The molecule has 27 heavy (non-hydrogen) atoms. The average Bonchev–Trinajstić information content (AvgIpc) is 3.41. The van der Waals surface area contributed by atoms with Crippen molar-refractivity contribution < 1.29 is 35.9 Å². The Morgan fingerprint density at radius 3 is 2.52 bits per heavy atom. The number of hydrogen-bond acceptors (Lipinski definition) is 5. The molecule has 1 aliphatic rings. The summed E-state index contributed by atoms with van der Waals surface area (Å²) in [5.41, 5.74) is -0.845. The summed E-state index contributed by atoms with van der Waals surface area (Å²) in [7, 11) is -1.58. The van der Waals surface area contributed by atoms with Crippen molar-refractivity contribution in [2.45, 2.75) is 42.9 Å². The fourth-order valence-electron chi connectivity index (χ4n) is 2.56. The lowest BCUT2D eigenvalue weighted by atomic mass is 9.94. The van der Waals surface area contributed by atoms with Gasteiger partial charge in [0.2, 0.25) is 10.0 Å². The molecular weight excluding hydrogens is 387 g/mol. The quantitative estimate of drug-likeness (QED) is 0.488. The minimum Gasteiger partial charge on any atom is -0.469 e. The molecule has 0 radical (unpaired) electrons. The van der Waals surface area contributed by atoms with E-state index in [0.29, 0.717) is 12.7 Å². The van der Waals surface area contributed by atoms with Gasteiger partial charge in [-0.1, -0.05) is 6.92 Å². The van der Waals surface area contributed by atoms with Gasteiger partial charge in [0.15, 0.2) is 0 Å². The molecule has 10 heteroatoms. The zero-order chi connectivity index (χ0) is 20.4. The summed E-state index contributed by atoms with van der Waals surface area (Å²) in [5, 5.41) is 0. The van der Waals surface area contributed by atoms with Gasteiger partial charge in [0, 0.05) is 20.0 Å². The Hall–Kier alpha value is -1.65. The number of carbonyl (C=O) groups is 1. The first-order chi connectivity index (χ1) is 12.4. The molecule has 1 aromatic rings. The van der Waals surface area contributed by atoms with E-state index in [1.807, 2.05) is 0 Å². The maximum absolute atomic E-state index is 13.3. The van der Waals surface area contributed by atoms with Crippen molar-refractivity contribution in [3.8, 4) is 0 Å².